The first-order chi connectivity index (χ1) is 6.95. The van der Waals surface area contributed by atoms with Crippen LogP contribution < -0.4 is 5.32 Å². The zero-order chi connectivity index (χ0) is 9.64. The molecule has 1 aliphatic carbocycles. The highest BCUT2D eigenvalue weighted by molar-refractivity contribution is 5.42. The van der Waals surface area contributed by atoms with Gasteiger partial charge in [-0.05, 0) is 37.3 Å². The quantitative estimate of drug-likeness (QED) is 0.715. The van der Waals surface area contributed by atoms with Crippen molar-refractivity contribution in [1.29, 1.82) is 0 Å². The minimum absolute atomic E-state index is 0.820. The van der Waals surface area contributed by atoms with Gasteiger partial charge in [0.15, 0.2) is 0 Å². The van der Waals surface area contributed by atoms with Crippen LogP contribution in [0.4, 0.5) is 5.69 Å². The molecule has 74 valence electrons. The van der Waals surface area contributed by atoms with Crippen molar-refractivity contribution in [3.05, 3.63) is 42.5 Å². The third-order valence-corrected chi connectivity index (χ3v) is 2.75. The van der Waals surface area contributed by atoms with Crippen LogP contribution in [0, 0.1) is 5.92 Å². The lowest BCUT2D eigenvalue weighted by Crippen LogP contribution is -2.15. The van der Waals surface area contributed by atoms with Crippen LogP contribution in [-0.2, 0) is 0 Å². The van der Waals surface area contributed by atoms with Gasteiger partial charge in [-0.25, -0.2) is 0 Å². The molecule has 0 bridgehead atoms. The van der Waals surface area contributed by atoms with E-state index in [2.05, 4.69) is 47.8 Å². The maximum absolute atomic E-state index is 3.48. The first kappa shape index (κ1) is 9.32. The van der Waals surface area contributed by atoms with Crippen LogP contribution in [0.5, 0.6) is 0 Å². The van der Waals surface area contributed by atoms with Crippen LogP contribution in [0.3, 0.4) is 0 Å². The molecule has 1 aromatic rings. The summed E-state index contributed by atoms with van der Waals surface area (Å²) in [6.45, 7) is 1.11. The van der Waals surface area contributed by atoms with Gasteiger partial charge in [0, 0.05) is 12.2 Å². The van der Waals surface area contributed by atoms with E-state index in [-0.39, 0.29) is 0 Å². The molecule has 0 aliphatic heterocycles. The van der Waals surface area contributed by atoms with E-state index < -0.39 is 0 Å². The van der Waals surface area contributed by atoms with Crippen molar-refractivity contribution in [3.63, 3.8) is 0 Å². The van der Waals surface area contributed by atoms with Crippen molar-refractivity contribution in [2.45, 2.75) is 19.3 Å². The molecule has 0 saturated carbocycles. The molecular weight excluding hydrogens is 170 g/mol. The van der Waals surface area contributed by atoms with Gasteiger partial charge in [-0.2, -0.15) is 0 Å². The van der Waals surface area contributed by atoms with Gasteiger partial charge in [0.05, 0.1) is 0 Å². The highest BCUT2D eigenvalue weighted by atomic mass is 14.9. The molecule has 1 aromatic carbocycles. The van der Waals surface area contributed by atoms with Crippen LogP contribution >= 0.6 is 0 Å². The normalized spacial score (nSPS) is 20.7. The lowest BCUT2D eigenvalue weighted by molar-refractivity contribution is 0.504. The SMILES string of the molecule is C1=CC[C@H](CNc2ccccc2)CC1. The van der Waals surface area contributed by atoms with E-state index in [1.807, 2.05) is 0 Å². The Kier molecular flexibility index (Phi) is 3.23. The number of benzene rings is 1. The molecule has 1 atom stereocenters. The van der Waals surface area contributed by atoms with Gasteiger partial charge >= 0.3 is 0 Å². The Morgan fingerprint density at radius 2 is 2.00 bits per heavy atom. The standard InChI is InChI=1S/C13H17N/c1-3-7-12(8-4-1)11-14-13-9-5-2-6-10-13/h1-3,5-6,9-10,12,14H,4,7-8,11H2/t12-/m0/s1. The van der Waals surface area contributed by atoms with Crippen LogP contribution in [-0.4, -0.2) is 6.54 Å². The number of hydrogen-bond donors (Lipinski definition) is 1. The smallest absolute Gasteiger partial charge is 0.0340 e. The molecule has 14 heavy (non-hydrogen) atoms. The third-order valence-electron chi connectivity index (χ3n) is 2.75. The molecule has 0 aromatic heterocycles. The fourth-order valence-electron chi connectivity index (χ4n) is 1.86. The molecule has 2 rings (SSSR count). The highest BCUT2D eigenvalue weighted by Crippen LogP contribution is 2.18. The predicted molar refractivity (Wildman–Crippen MR) is 61.4 cm³/mol. The molecule has 0 unspecified atom stereocenters. The van der Waals surface area contributed by atoms with Crippen LogP contribution in [0.25, 0.3) is 0 Å². The summed E-state index contributed by atoms with van der Waals surface area (Å²) < 4.78 is 0. The summed E-state index contributed by atoms with van der Waals surface area (Å²) >= 11 is 0. The summed E-state index contributed by atoms with van der Waals surface area (Å²) in [5.41, 5.74) is 1.24. The Morgan fingerprint density at radius 3 is 2.71 bits per heavy atom. The molecule has 0 saturated heterocycles. The second kappa shape index (κ2) is 4.85. The molecule has 0 spiro atoms. The van der Waals surface area contributed by atoms with E-state index in [9.17, 15) is 0 Å². The van der Waals surface area contributed by atoms with E-state index in [1.165, 1.54) is 24.9 Å². The first-order valence-electron chi connectivity index (χ1n) is 5.39. The van der Waals surface area contributed by atoms with Gasteiger partial charge in [-0.3, -0.25) is 0 Å². The summed E-state index contributed by atoms with van der Waals surface area (Å²) in [5.74, 6) is 0.820. The molecule has 0 radical (unpaired) electrons. The van der Waals surface area contributed by atoms with Gasteiger partial charge in [0.25, 0.3) is 0 Å². The minimum atomic E-state index is 0.820. The summed E-state index contributed by atoms with van der Waals surface area (Å²) in [5, 5.41) is 3.48. The maximum Gasteiger partial charge on any atom is 0.0340 e. The van der Waals surface area contributed by atoms with Crippen LogP contribution in [0.15, 0.2) is 42.5 Å². The first-order valence-corrected chi connectivity index (χ1v) is 5.39. The second-order valence-corrected chi connectivity index (χ2v) is 3.90. The van der Waals surface area contributed by atoms with Gasteiger partial charge in [-0.15, -0.1) is 0 Å². The average Bonchev–Trinajstić information content (AvgIpc) is 2.29. The number of para-hydroxylation sites is 1. The lowest BCUT2D eigenvalue weighted by Gasteiger charge is -2.18. The lowest BCUT2D eigenvalue weighted by atomic mass is 9.94. The Hall–Kier alpha value is -1.24. The fraction of sp³-hybridized carbons (Fsp3) is 0.385. The monoisotopic (exact) mass is 187 g/mol. The zero-order valence-corrected chi connectivity index (χ0v) is 8.45. The van der Waals surface area contributed by atoms with Crippen molar-refractivity contribution in [1.82, 2.24) is 0 Å². The van der Waals surface area contributed by atoms with Crippen molar-refractivity contribution in [2.75, 3.05) is 11.9 Å². The van der Waals surface area contributed by atoms with Gasteiger partial charge < -0.3 is 5.32 Å². The Labute approximate surface area is 85.8 Å². The molecule has 1 N–H and O–H groups in total. The van der Waals surface area contributed by atoms with E-state index in [0.29, 0.717) is 0 Å². The molecule has 0 heterocycles. The van der Waals surface area contributed by atoms with E-state index >= 15 is 0 Å². The van der Waals surface area contributed by atoms with Crippen molar-refractivity contribution >= 4 is 5.69 Å². The maximum atomic E-state index is 3.48. The largest absolute Gasteiger partial charge is 0.385 e. The third kappa shape index (κ3) is 2.63. The van der Waals surface area contributed by atoms with Crippen molar-refractivity contribution in [2.24, 2.45) is 5.92 Å². The average molecular weight is 187 g/mol. The minimum Gasteiger partial charge on any atom is -0.385 e. The van der Waals surface area contributed by atoms with Gasteiger partial charge in [0.1, 0.15) is 0 Å². The Bertz CT molecular complexity index is 289. The van der Waals surface area contributed by atoms with Crippen molar-refractivity contribution in [3.8, 4) is 0 Å². The summed E-state index contributed by atoms with van der Waals surface area (Å²) in [6, 6.07) is 10.4. The van der Waals surface area contributed by atoms with E-state index in [0.717, 1.165) is 12.5 Å². The Balaban J connectivity index is 1.80. The van der Waals surface area contributed by atoms with Crippen LogP contribution in [0.2, 0.25) is 0 Å². The molecule has 1 heteroatoms. The molecule has 0 fully saturated rings. The number of hydrogen-bond acceptors (Lipinski definition) is 1. The zero-order valence-electron chi connectivity index (χ0n) is 8.45. The van der Waals surface area contributed by atoms with Gasteiger partial charge in [-0.1, -0.05) is 30.4 Å². The summed E-state index contributed by atoms with van der Waals surface area (Å²) in [4.78, 5) is 0. The number of allylic oxidation sites excluding steroid dienone is 2. The van der Waals surface area contributed by atoms with E-state index in [4.69, 9.17) is 0 Å². The number of nitrogens with one attached hydrogen (secondary N) is 1. The molecule has 0 amide bonds. The predicted octanol–water partition coefficient (Wildman–Crippen LogP) is 3.45. The number of rotatable bonds is 3. The van der Waals surface area contributed by atoms with Crippen molar-refractivity contribution < 1.29 is 0 Å². The Morgan fingerprint density at radius 1 is 1.14 bits per heavy atom. The van der Waals surface area contributed by atoms with Gasteiger partial charge in [0.2, 0.25) is 0 Å². The summed E-state index contributed by atoms with van der Waals surface area (Å²) in [6.07, 6.45) is 8.41. The van der Waals surface area contributed by atoms with Crippen LogP contribution in [0.1, 0.15) is 19.3 Å². The molecule has 1 nitrogen and oxygen atoms in total. The summed E-state index contributed by atoms with van der Waals surface area (Å²) in [7, 11) is 0. The second-order valence-electron chi connectivity index (χ2n) is 3.90. The molecule has 1 aliphatic rings. The number of anilines is 1. The van der Waals surface area contributed by atoms with E-state index in [1.54, 1.807) is 0 Å². The highest BCUT2D eigenvalue weighted by Gasteiger charge is 2.08. The molecular formula is C13H17N. The fourth-order valence-corrected chi connectivity index (χ4v) is 1.86. The topological polar surface area (TPSA) is 12.0 Å².